The molecule has 0 saturated heterocycles. The third kappa shape index (κ3) is 4.38. The Morgan fingerprint density at radius 1 is 1.26 bits per heavy atom. The maximum atomic E-state index is 4.24. The van der Waals surface area contributed by atoms with Crippen LogP contribution in [0.3, 0.4) is 0 Å². The van der Waals surface area contributed by atoms with Gasteiger partial charge < -0.3 is 10.6 Å². The number of hydrogen-bond donors (Lipinski definition) is 2. The van der Waals surface area contributed by atoms with Crippen LogP contribution < -0.4 is 10.6 Å². The number of pyridine rings is 1. The molecule has 0 bridgehead atoms. The van der Waals surface area contributed by atoms with Crippen LogP contribution in [0.1, 0.15) is 15.7 Å². The van der Waals surface area contributed by atoms with E-state index in [2.05, 4.69) is 30.8 Å². The average Bonchev–Trinajstić information content (AvgIpc) is 3.14. The maximum Gasteiger partial charge on any atom is 0.191 e. The third-order valence-electron chi connectivity index (χ3n) is 3.12. The first kappa shape index (κ1) is 17.6. The Labute approximate surface area is 155 Å². The van der Waals surface area contributed by atoms with E-state index >= 15 is 0 Å². The molecule has 0 spiro atoms. The lowest BCUT2D eigenvalue weighted by Gasteiger charge is -2.10. The molecule has 3 aromatic rings. The molecule has 122 valence electrons. The zero-order valence-corrected chi connectivity index (χ0v) is 16.0. The fourth-order valence-electron chi connectivity index (χ4n) is 2.05. The van der Waals surface area contributed by atoms with Crippen molar-refractivity contribution in [3.63, 3.8) is 0 Å². The number of hydrogen-bond acceptors (Lipinski definition) is 5. The highest BCUT2D eigenvalue weighted by molar-refractivity contribution is 14.0. The van der Waals surface area contributed by atoms with Gasteiger partial charge in [0.25, 0.3) is 0 Å². The lowest BCUT2D eigenvalue weighted by atomic mass is 10.4. The van der Waals surface area contributed by atoms with Gasteiger partial charge in [0.2, 0.25) is 0 Å². The quantitative estimate of drug-likeness (QED) is 0.366. The van der Waals surface area contributed by atoms with Crippen LogP contribution in [-0.4, -0.2) is 32.6 Å². The van der Waals surface area contributed by atoms with E-state index in [1.165, 1.54) is 4.88 Å². The van der Waals surface area contributed by atoms with Gasteiger partial charge in [-0.1, -0.05) is 6.07 Å². The summed E-state index contributed by atoms with van der Waals surface area (Å²) in [6.45, 7) is 3.25. The summed E-state index contributed by atoms with van der Waals surface area (Å²) in [6, 6.07) is 5.83. The van der Waals surface area contributed by atoms with Gasteiger partial charge in [0, 0.05) is 24.3 Å². The lowest BCUT2D eigenvalue weighted by molar-refractivity contribution is 0.765. The van der Waals surface area contributed by atoms with Crippen LogP contribution in [0.25, 0.3) is 5.65 Å². The molecular formula is C14H18IN7S. The summed E-state index contributed by atoms with van der Waals surface area (Å²) in [5.74, 6) is 1.56. The summed E-state index contributed by atoms with van der Waals surface area (Å²) in [4.78, 5) is 9.62. The van der Waals surface area contributed by atoms with Gasteiger partial charge in [0.1, 0.15) is 0 Å². The number of rotatable bonds is 4. The molecule has 0 aromatic carbocycles. The Kier molecular flexibility index (Phi) is 6.28. The molecule has 0 atom stereocenters. The predicted molar refractivity (Wildman–Crippen MR) is 102 cm³/mol. The second kappa shape index (κ2) is 8.20. The van der Waals surface area contributed by atoms with E-state index in [0.717, 1.165) is 22.4 Å². The number of nitrogens with zero attached hydrogens (tertiary/aromatic N) is 5. The summed E-state index contributed by atoms with van der Waals surface area (Å²) in [5.41, 5.74) is 0.836. The van der Waals surface area contributed by atoms with E-state index in [9.17, 15) is 0 Å². The summed E-state index contributed by atoms with van der Waals surface area (Å²) in [7, 11) is 1.75. The Morgan fingerprint density at radius 2 is 2.09 bits per heavy atom. The highest BCUT2D eigenvalue weighted by atomic mass is 127. The standard InChI is InChI=1S/C14H17N7S.HI/c1-10-16-7-11(22-10)8-17-14(15-2)18-9-13-20-19-12-5-3-4-6-21(12)13;/h3-7H,8-9H2,1-2H3,(H2,15,17,18);1H. The van der Waals surface area contributed by atoms with Gasteiger partial charge >= 0.3 is 0 Å². The first-order valence-electron chi connectivity index (χ1n) is 6.91. The Morgan fingerprint density at radius 3 is 2.83 bits per heavy atom. The van der Waals surface area contributed by atoms with Gasteiger partial charge in [0.05, 0.1) is 18.1 Å². The van der Waals surface area contributed by atoms with Crippen molar-refractivity contribution >= 4 is 46.9 Å². The van der Waals surface area contributed by atoms with Crippen molar-refractivity contribution in [1.29, 1.82) is 0 Å². The second-order valence-electron chi connectivity index (χ2n) is 4.67. The zero-order chi connectivity index (χ0) is 15.4. The molecule has 0 aliphatic heterocycles. The van der Waals surface area contributed by atoms with Crippen LogP contribution in [0.5, 0.6) is 0 Å². The topological polar surface area (TPSA) is 79.5 Å². The van der Waals surface area contributed by atoms with Crippen molar-refractivity contribution in [2.24, 2.45) is 4.99 Å². The first-order valence-corrected chi connectivity index (χ1v) is 7.72. The summed E-state index contributed by atoms with van der Waals surface area (Å²) in [6.07, 6.45) is 3.83. The Hall–Kier alpha value is -1.75. The largest absolute Gasteiger partial charge is 0.351 e. The number of thiazole rings is 1. The van der Waals surface area contributed by atoms with E-state index in [1.807, 2.05) is 41.9 Å². The molecule has 23 heavy (non-hydrogen) atoms. The van der Waals surface area contributed by atoms with E-state index < -0.39 is 0 Å². The minimum Gasteiger partial charge on any atom is -0.351 e. The second-order valence-corrected chi connectivity index (χ2v) is 5.99. The number of nitrogens with one attached hydrogen (secondary N) is 2. The molecule has 0 radical (unpaired) electrons. The van der Waals surface area contributed by atoms with Crippen molar-refractivity contribution in [3.05, 3.63) is 46.3 Å². The van der Waals surface area contributed by atoms with Crippen LogP contribution in [0.4, 0.5) is 0 Å². The predicted octanol–water partition coefficient (Wildman–Crippen LogP) is 1.98. The van der Waals surface area contributed by atoms with Crippen LogP contribution >= 0.6 is 35.3 Å². The Balaban J connectivity index is 0.00000192. The highest BCUT2D eigenvalue weighted by Gasteiger charge is 2.06. The minimum absolute atomic E-state index is 0. The molecule has 0 amide bonds. The molecular weight excluding hydrogens is 425 g/mol. The molecule has 9 heteroatoms. The highest BCUT2D eigenvalue weighted by Crippen LogP contribution is 2.10. The maximum absolute atomic E-state index is 4.24. The number of aryl methyl sites for hydroxylation is 1. The van der Waals surface area contributed by atoms with E-state index in [4.69, 9.17) is 0 Å². The number of halogens is 1. The van der Waals surface area contributed by atoms with Crippen LogP contribution in [0.2, 0.25) is 0 Å². The van der Waals surface area contributed by atoms with Crippen LogP contribution in [0, 0.1) is 6.92 Å². The van der Waals surface area contributed by atoms with E-state index in [-0.39, 0.29) is 24.0 Å². The molecule has 3 aromatic heterocycles. The van der Waals surface area contributed by atoms with Crippen LogP contribution in [0.15, 0.2) is 35.6 Å². The van der Waals surface area contributed by atoms with Gasteiger partial charge in [-0.25, -0.2) is 4.98 Å². The summed E-state index contributed by atoms with van der Waals surface area (Å²) >= 11 is 1.68. The van der Waals surface area contributed by atoms with Crippen molar-refractivity contribution in [2.75, 3.05) is 7.05 Å². The zero-order valence-electron chi connectivity index (χ0n) is 12.9. The number of aromatic nitrogens is 4. The average molecular weight is 443 g/mol. The van der Waals surface area contributed by atoms with E-state index in [0.29, 0.717) is 13.1 Å². The molecule has 0 aliphatic carbocycles. The molecule has 3 heterocycles. The molecule has 7 nitrogen and oxygen atoms in total. The van der Waals surface area contributed by atoms with Crippen molar-refractivity contribution < 1.29 is 0 Å². The summed E-state index contributed by atoms with van der Waals surface area (Å²) < 4.78 is 1.95. The molecule has 0 unspecified atom stereocenters. The molecule has 0 saturated carbocycles. The fourth-order valence-corrected chi connectivity index (χ4v) is 2.79. The normalized spacial score (nSPS) is 11.3. The van der Waals surface area contributed by atoms with Crippen LogP contribution in [-0.2, 0) is 13.1 Å². The number of fused-ring (bicyclic) bond motifs is 1. The van der Waals surface area contributed by atoms with Gasteiger partial charge in [0.15, 0.2) is 17.4 Å². The van der Waals surface area contributed by atoms with Crippen molar-refractivity contribution in [1.82, 2.24) is 30.2 Å². The van der Waals surface area contributed by atoms with Gasteiger partial charge in [-0.2, -0.15) is 0 Å². The lowest BCUT2D eigenvalue weighted by Crippen LogP contribution is -2.36. The van der Waals surface area contributed by atoms with Gasteiger partial charge in [-0.15, -0.1) is 45.5 Å². The smallest absolute Gasteiger partial charge is 0.191 e. The van der Waals surface area contributed by atoms with Gasteiger partial charge in [-0.3, -0.25) is 9.39 Å². The van der Waals surface area contributed by atoms with E-state index in [1.54, 1.807) is 18.4 Å². The third-order valence-corrected chi connectivity index (χ3v) is 4.03. The SMILES string of the molecule is CN=C(NCc1cnc(C)s1)NCc1nnc2ccccn12.I. The minimum atomic E-state index is 0. The monoisotopic (exact) mass is 443 g/mol. The Bertz CT molecular complexity index is 795. The van der Waals surface area contributed by atoms with Gasteiger partial charge in [-0.05, 0) is 19.1 Å². The number of guanidine groups is 1. The molecule has 0 fully saturated rings. The van der Waals surface area contributed by atoms with Crippen molar-refractivity contribution in [2.45, 2.75) is 20.0 Å². The molecule has 0 aliphatic rings. The van der Waals surface area contributed by atoms with Crippen molar-refractivity contribution in [3.8, 4) is 0 Å². The fraction of sp³-hybridized carbons (Fsp3) is 0.286. The molecule has 3 rings (SSSR count). The number of aliphatic imine (C=N–C) groups is 1. The molecule has 2 N–H and O–H groups in total. The first-order chi connectivity index (χ1) is 10.8. The summed E-state index contributed by atoms with van der Waals surface area (Å²) in [5, 5.41) is 15.9.